The standard InChI is InChI=1S/C21H27F3N6O4/c22-21(23,24)19-16(14-27-28-20(19)32)34-11-10-33-9-1-2-18(31)30-7-5-29(6-8-30)17-4-3-15(12-25)13-26-17/h3-4,13,16,19,27H,1-2,5-11,14H2,(H,28,32). The number of hydrogen-bond donors (Lipinski definition) is 2. The number of halogens is 3. The van der Waals surface area contributed by atoms with E-state index in [9.17, 15) is 22.8 Å². The Morgan fingerprint density at radius 1 is 1.21 bits per heavy atom. The number of piperazine rings is 1. The van der Waals surface area contributed by atoms with Crippen molar-refractivity contribution in [3.05, 3.63) is 23.9 Å². The zero-order valence-electron chi connectivity index (χ0n) is 18.5. The molecule has 2 aliphatic heterocycles. The van der Waals surface area contributed by atoms with Crippen molar-refractivity contribution >= 4 is 17.6 Å². The van der Waals surface area contributed by atoms with Gasteiger partial charge in [-0.1, -0.05) is 0 Å². The van der Waals surface area contributed by atoms with Crippen molar-refractivity contribution in [2.24, 2.45) is 5.92 Å². The fraction of sp³-hybridized carbons (Fsp3) is 0.619. The van der Waals surface area contributed by atoms with Crippen LogP contribution in [0.2, 0.25) is 0 Å². The molecule has 2 unspecified atom stereocenters. The minimum Gasteiger partial charge on any atom is -0.379 e. The number of ether oxygens (including phenoxy) is 2. The van der Waals surface area contributed by atoms with Gasteiger partial charge in [-0.3, -0.25) is 15.0 Å². The molecule has 186 valence electrons. The number of hydrazine groups is 1. The first kappa shape index (κ1) is 25.7. The van der Waals surface area contributed by atoms with Crippen LogP contribution in [0, 0.1) is 17.2 Å². The van der Waals surface area contributed by atoms with Crippen LogP contribution in [0.15, 0.2) is 18.3 Å². The van der Waals surface area contributed by atoms with Gasteiger partial charge < -0.3 is 19.3 Å². The molecule has 0 radical (unpaired) electrons. The van der Waals surface area contributed by atoms with Crippen molar-refractivity contribution < 1.29 is 32.2 Å². The highest BCUT2D eigenvalue weighted by Crippen LogP contribution is 2.31. The Kier molecular flexibility index (Phi) is 9.03. The maximum Gasteiger partial charge on any atom is 0.403 e. The van der Waals surface area contributed by atoms with Gasteiger partial charge in [0.25, 0.3) is 0 Å². The second kappa shape index (κ2) is 12.0. The molecule has 2 fully saturated rings. The summed E-state index contributed by atoms with van der Waals surface area (Å²) in [6.07, 6.45) is -3.71. The summed E-state index contributed by atoms with van der Waals surface area (Å²) in [4.78, 5) is 32.0. The molecule has 0 aromatic carbocycles. The Bertz CT molecular complexity index is 869. The SMILES string of the molecule is N#Cc1ccc(N2CCN(C(=O)CCCOCCOC3CNNC(=O)C3C(F)(F)F)CC2)nc1. The molecule has 0 bridgehead atoms. The van der Waals surface area contributed by atoms with Crippen LogP contribution >= 0.6 is 0 Å². The third-order valence-electron chi connectivity index (χ3n) is 5.59. The molecule has 1 aromatic rings. The first-order valence-corrected chi connectivity index (χ1v) is 11.0. The van der Waals surface area contributed by atoms with Gasteiger partial charge in [0.15, 0.2) is 5.92 Å². The van der Waals surface area contributed by atoms with Crippen LogP contribution in [0.3, 0.4) is 0 Å². The number of aromatic nitrogens is 1. The van der Waals surface area contributed by atoms with Crippen LogP contribution in [0.5, 0.6) is 0 Å². The Morgan fingerprint density at radius 2 is 1.97 bits per heavy atom. The summed E-state index contributed by atoms with van der Waals surface area (Å²) in [5.74, 6) is -2.61. The molecular weight excluding hydrogens is 457 g/mol. The highest BCUT2D eigenvalue weighted by Gasteiger charge is 2.51. The summed E-state index contributed by atoms with van der Waals surface area (Å²) in [5.41, 5.74) is 4.85. The van der Waals surface area contributed by atoms with Gasteiger partial charge in [-0.15, -0.1) is 0 Å². The van der Waals surface area contributed by atoms with Gasteiger partial charge in [0.05, 0.1) is 24.9 Å². The molecule has 0 saturated carbocycles. The third-order valence-corrected chi connectivity index (χ3v) is 5.59. The minimum atomic E-state index is -4.69. The van der Waals surface area contributed by atoms with E-state index in [0.717, 1.165) is 5.82 Å². The zero-order chi connectivity index (χ0) is 24.6. The smallest absolute Gasteiger partial charge is 0.379 e. The Hall–Kier alpha value is -2.95. The van der Waals surface area contributed by atoms with Crippen LogP contribution < -0.4 is 15.8 Å². The normalized spacial score (nSPS) is 21.2. The quantitative estimate of drug-likeness (QED) is 0.489. The molecule has 2 amide bonds. The predicted molar refractivity (Wildman–Crippen MR) is 113 cm³/mol. The Morgan fingerprint density at radius 3 is 2.62 bits per heavy atom. The molecule has 2 atom stereocenters. The number of carbonyl (C=O) groups excluding carboxylic acids is 2. The molecule has 34 heavy (non-hydrogen) atoms. The van der Waals surface area contributed by atoms with Crippen LogP contribution in [-0.2, 0) is 19.1 Å². The number of amides is 2. The van der Waals surface area contributed by atoms with Gasteiger partial charge in [-0.05, 0) is 18.6 Å². The molecule has 3 rings (SSSR count). The van der Waals surface area contributed by atoms with E-state index in [1.54, 1.807) is 17.0 Å². The summed E-state index contributed by atoms with van der Waals surface area (Å²) in [6.45, 7) is 2.52. The van der Waals surface area contributed by atoms with Crippen molar-refractivity contribution in [3.8, 4) is 6.07 Å². The van der Waals surface area contributed by atoms with Gasteiger partial charge in [0.1, 0.15) is 11.9 Å². The van der Waals surface area contributed by atoms with E-state index in [-0.39, 0.29) is 32.3 Å². The van der Waals surface area contributed by atoms with Crippen LogP contribution in [0.1, 0.15) is 18.4 Å². The monoisotopic (exact) mass is 484 g/mol. The van der Waals surface area contributed by atoms with E-state index >= 15 is 0 Å². The van der Waals surface area contributed by atoms with Crippen molar-refractivity contribution in [3.63, 3.8) is 0 Å². The van der Waals surface area contributed by atoms with E-state index in [4.69, 9.17) is 14.7 Å². The summed E-state index contributed by atoms with van der Waals surface area (Å²) in [5, 5.41) is 8.85. The molecular formula is C21H27F3N6O4. The van der Waals surface area contributed by atoms with Gasteiger partial charge in [0, 0.05) is 51.9 Å². The maximum atomic E-state index is 13.0. The number of nitrogens with one attached hydrogen (secondary N) is 2. The van der Waals surface area contributed by atoms with Gasteiger partial charge in [0.2, 0.25) is 11.8 Å². The number of alkyl halides is 3. The van der Waals surface area contributed by atoms with Crippen molar-refractivity contribution in [1.82, 2.24) is 20.7 Å². The largest absolute Gasteiger partial charge is 0.403 e. The lowest BCUT2D eigenvalue weighted by molar-refractivity contribution is -0.214. The lowest BCUT2D eigenvalue weighted by atomic mass is 9.99. The molecule has 3 heterocycles. The molecule has 2 saturated heterocycles. The van der Waals surface area contributed by atoms with E-state index < -0.39 is 24.1 Å². The van der Waals surface area contributed by atoms with E-state index in [1.165, 1.54) is 6.20 Å². The van der Waals surface area contributed by atoms with Gasteiger partial charge in [-0.2, -0.15) is 18.4 Å². The summed E-state index contributed by atoms with van der Waals surface area (Å²) < 4.78 is 49.7. The number of pyridine rings is 1. The molecule has 0 aliphatic carbocycles. The molecule has 2 N–H and O–H groups in total. The number of hydrogen-bond acceptors (Lipinski definition) is 8. The number of carbonyl (C=O) groups is 2. The second-order valence-electron chi connectivity index (χ2n) is 7.90. The van der Waals surface area contributed by atoms with E-state index in [0.29, 0.717) is 44.6 Å². The fourth-order valence-electron chi connectivity index (χ4n) is 3.79. The summed E-state index contributed by atoms with van der Waals surface area (Å²) in [6, 6.07) is 5.53. The van der Waals surface area contributed by atoms with Crippen LogP contribution in [0.4, 0.5) is 19.0 Å². The van der Waals surface area contributed by atoms with Gasteiger partial charge in [-0.25, -0.2) is 10.4 Å². The van der Waals surface area contributed by atoms with Gasteiger partial charge >= 0.3 is 6.18 Å². The minimum absolute atomic E-state index is 0.0135. The van der Waals surface area contributed by atoms with Crippen molar-refractivity contribution in [2.45, 2.75) is 25.1 Å². The number of nitrogens with zero attached hydrogens (tertiary/aromatic N) is 4. The molecule has 0 spiro atoms. The van der Waals surface area contributed by atoms with Crippen LogP contribution in [-0.4, -0.2) is 86.5 Å². The zero-order valence-corrected chi connectivity index (χ0v) is 18.5. The average molecular weight is 484 g/mol. The summed E-state index contributed by atoms with van der Waals surface area (Å²) in [7, 11) is 0. The molecule has 13 heteroatoms. The Balaban J connectivity index is 1.27. The number of nitriles is 1. The highest BCUT2D eigenvalue weighted by atomic mass is 19.4. The fourth-order valence-corrected chi connectivity index (χ4v) is 3.79. The molecule has 10 nitrogen and oxygen atoms in total. The topological polar surface area (TPSA) is 120 Å². The van der Waals surface area contributed by atoms with Crippen molar-refractivity contribution in [2.75, 3.05) is 57.4 Å². The van der Waals surface area contributed by atoms with E-state index in [2.05, 4.69) is 15.3 Å². The molecule has 2 aliphatic rings. The third kappa shape index (κ3) is 7.02. The maximum absolute atomic E-state index is 13.0. The number of rotatable bonds is 9. The first-order valence-electron chi connectivity index (χ1n) is 11.0. The number of anilines is 1. The first-order chi connectivity index (χ1) is 16.3. The average Bonchev–Trinajstić information content (AvgIpc) is 2.82. The highest BCUT2D eigenvalue weighted by molar-refractivity contribution is 5.80. The molecule has 1 aromatic heterocycles. The van der Waals surface area contributed by atoms with Crippen molar-refractivity contribution in [1.29, 1.82) is 5.26 Å². The lowest BCUT2D eigenvalue weighted by Gasteiger charge is -2.35. The lowest BCUT2D eigenvalue weighted by Crippen LogP contribution is -2.60. The summed E-state index contributed by atoms with van der Waals surface area (Å²) >= 11 is 0. The second-order valence-corrected chi connectivity index (χ2v) is 7.90. The predicted octanol–water partition coefficient (Wildman–Crippen LogP) is 0.597. The van der Waals surface area contributed by atoms with E-state index in [1.807, 2.05) is 11.5 Å². The van der Waals surface area contributed by atoms with Crippen LogP contribution in [0.25, 0.3) is 0 Å². The Labute approximate surface area is 195 Å².